The van der Waals surface area contributed by atoms with Crippen molar-refractivity contribution in [3.05, 3.63) is 95.6 Å². The van der Waals surface area contributed by atoms with Gasteiger partial charge in [0.05, 0.1) is 11.8 Å². The molecule has 3 aromatic rings. The molecule has 4 nitrogen and oxygen atoms in total. The van der Waals surface area contributed by atoms with Crippen molar-refractivity contribution >= 4 is 5.71 Å². The van der Waals surface area contributed by atoms with Crippen molar-refractivity contribution in [2.24, 2.45) is 5.10 Å². The van der Waals surface area contributed by atoms with E-state index in [9.17, 15) is 4.39 Å². The third kappa shape index (κ3) is 2.50. The number of hydrogen-bond acceptors (Lipinski definition) is 4. The second-order valence-electron chi connectivity index (χ2n) is 6.98. The number of ether oxygens (including phenoxy) is 1. The predicted octanol–water partition coefficient (Wildman–Crippen LogP) is 4.64. The minimum Gasteiger partial charge on any atom is -0.462 e. The number of benzene rings is 2. The Kier molecular flexibility index (Phi) is 3.50. The molecular formula is C22H18FN3O. The number of hydrogen-bond donors (Lipinski definition) is 0. The van der Waals surface area contributed by atoms with E-state index in [0.717, 1.165) is 34.6 Å². The Labute approximate surface area is 156 Å². The van der Waals surface area contributed by atoms with Gasteiger partial charge in [-0.25, -0.2) is 9.40 Å². The first-order valence-corrected chi connectivity index (χ1v) is 8.96. The van der Waals surface area contributed by atoms with Crippen molar-refractivity contribution in [2.45, 2.75) is 25.1 Å². The summed E-state index contributed by atoms with van der Waals surface area (Å²) in [7, 11) is 0. The van der Waals surface area contributed by atoms with Crippen LogP contribution in [0.3, 0.4) is 0 Å². The van der Waals surface area contributed by atoms with Gasteiger partial charge in [-0.1, -0.05) is 30.3 Å². The lowest BCUT2D eigenvalue weighted by Crippen LogP contribution is -2.48. The normalized spacial score (nSPS) is 23.3. The first-order chi connectivity index (χ1) is 13.1. The number of rotatable bonds is 2. The van der Waals surface area contributed by atoms with Crippen LogP contribution in [0, 0.1) is 5.82 Å². The molecule has 1 aromatic heterocycles. The van der Waals surface area contributed by atoms with Crippen LogP contribution in [0.4, 0.5) is 4.39 Å². The van der Waals surface area contributed by atoms with Gasteiger partial charge in [-0.3, -0.25) is 4.98 Å². The second-order valence-corrected chi connectivity index (χ2v) is 6.98. The number of halogens is 1. The van der Waals surface area contributed by atoms with Gasteiger partial charge in [-0.05, 0) is 35.9 Å². The fraction of sp³-hybridized carbons (Fsp3) is 0.182. The Morgan fingerprint density at radius 2 is 1.78 bits per heavy atom. The van der Waals surface area contributed by atoms with Crippen LogP contribution in [0.2, 0.25) is 0 Å². The molecule has 5 heteroatoms. The lowest BCUT2D eigenvalue weighted by atomic mass is 9.93. The van der Waals surface area contributed by atoms with Crippen LogP contribution in [0.5, 0.6) is 5.75 Å². The minimum absolute atomic E-state index is 0.0631. The number of fused-ring (bicyclic) bond motifs is 3. The summed E-state index contributed by atoms with van der Waals surface area (Å²) < 4.78 is 19.8. The van der Waals surface area contributed by atoms with E-state index < -0.39 is 5.72 Å². The number of pyridine rings is 1. The van der Waals surface area contributed by atoms with Crippen LogP contribution in [0.1, 0.15) is 36.1 Å². The molecule has 134 valence electrons. The fourth-order valence-electron chi connectivity index (χ4n) is 3.92. The highest BCUT2D eigenvalue weighted by molar-refractivity contribution is 6.02. The number of nitrogens with zero attached hydrogens (tertiary/aromatic N) is 3. The van der Waals surface area contributed by atoms with E-state index in [1.165, 1.54) is 12.1 Å². The molecule has 0 spiro atoms. The lowest BCUT2D eigenvalue weighted by Gasteiger charge is -2.45. The monoisotopic (exact) mass is 359 g/mol. The maximum absolute atomic E-state index is 13.3. The van der Waals surface area contributed by atoms with E-state index in [1.54, 1.807) is 24.5 Å². The summed E-state index contributed by atoms with van der Waals surface area (Å²) >= 11 is 0. The van der Waals surface area contributed by atoms with Gasteiger partial charge in [0.25, 0.3) is 0 Å². The second kappa shape index (κ2) is 5.91. The Morgan fingerprint density at radius 1 is 1.04 bits per heavy atom. The van der Waals surface area contributed by atoms with Gasteiger partial charge in [0, 0.05) is 36.9 Å². The summed E-state index contributed by atoms with van der Waals surface area (Å²) in [6.07, 6.45) is 4.27. The Balaban J connectivity index is 1.64. The predicted molar refractivity (Wildman–Crippen MR) is 101 cm³/mol. The molecule has 0 bridgehead atoms. The summed E-state index contributed by atoms with van der Waals surface area (Å²) in [5.41, 5.74) is 3.22. The molecule has 0 N–H and O–H groups in total. The molecular weight excluding hydrogens is 341 g/mol. The molecule has 0 unspecified atom stereocenters. The molecule has 0 saturated heterocycles. The van der Waals surface area contributed by atoms with Crippen LogP contribution in [0.15, 0.2) is 78.2 Å². The van der Waals surface area contributed by atoms with Crippen molar-refractivity contribution in [1.29, 1.82) is 0 Å². The van der Waals surface area contributed by atoms with Gasteiger partial charge in [-0.15, -0.1) is 0 Å². The average Bonchev–Trinajstić information content (AvgIpc) is 3.16. The van der Waals surface area contributed by atoms with Crippen LogP contribution < -0.4 is 4.74 Å². The molecule has 2 atom stereocenters. The van der Waals surface area contributed by atoms with Gasteiger partial charge < -0.3 is 4.74 Å². The highest BCUT2D eigenvalue weighted by atomic mass is 19.1. The first kappa shape index (κ1) is 16.0. The smallest absolute Gasteiger partial charge is 0.221 e. The Morgan fingerprint density at radius 3 is 2.56 bits per heavy atom. The molecule has 2 aromatic carbocycles. The van der Waals surface area contributed by atoms with Crippen LogP contribution in [-0.2, 0) is 5.72 Å². The van der Waals surface area contributed by atoms with Gasteiger partial charge in [0.1, 0.15) is 11.6 Å². The summed E-state index contributed by atoms with van der Waals surface area (Å²) in [5.74, 6) is 0.624. The standard InChI is InChI=1S/C22H18FN3O/c1-22(16-10-12-24-13-11-16)26-20(18-4-2-3-5-21(18)27-22)14-19(25-26)15-6-8-17(23)9-7-15/h2-13,20H,14H2,1H3/t20-,22-/m0/s1. The molecule has 3 heterocycles. The molecule has 5 rings (SSSR count). The van der Waals surface area contributed by atoms with Crippen molar-refractivity contribution in [3.8, 4) is 5.75 Å². The van der Waals surface area contributed by atoms with Crippen LogP contribution in [-0.4, -0.2) is 15.7 Å². The van der Waals surface area contributed by atoms with Gasteiger partial charge in [0.15, 0.2) is 0 Å². The third-order valence-corrected chi connectivity index (χ3v) is 5.33. The molecule has 27 heavy (non-hydrogen) atoms. The van der Waals surface area contributed by atoms with E-state index >= 15 is 0 Å². The van der Waals surface area contributed by atoms with E-state index in [-0.39, 0.29) is 11.9 Å². The topological polar surface area (TPSA) is 37.7 Å². The van der Waals surface area contributed by atoms with E-state index in [0.29, 0.717) is 0 Å². The van der Waals surface area contributed by atoms with Crippen LogP contribution >= 0.6 is 0 Å². The van der Waals surface area contributed by atoms with Crippen molar-refractivity contribution in [2.75, 3.05) is 0 Å². The zero-order valence-corrected chi connectivity index (χ0v) is 14.8. The summed E-state index contributed by atoms with van der Waals surface area (Å²) in [5, 5.41) is 6.95. The van der Waals surface area contributed by atoms with Crippen molar-refractivity contribution < 1.29 is 9.13 Å². The van der Waals surface area contributed by atoms with Gasteiger partial charge >= 0.3 is 0 Å². The third-order valence-electron chi connectivity index (χ3n) is 5.33. The summed E-state index contributed by atoms with van der Waals surface area (Å²) in [6.45, 7) is 2.03. The van der Waals surface area contributed by atoms with Gasteiger partial charge in [-0.2, -0.15) is 5.10 Å². The zero-order chi connectivity index (χ0) is 18.4. The minimum atomic E-state index is -0.746. The summed E-state index contributed by atoms with van der Waals surface area (Å²) in [6, 6.07) is 18.6. The van der Waals surface area contributed by atoms with Crippen molar-refractivity contribution in [3.63, 3.8) is 0 Å². The lowest BCUT2D eigenvalue weighted by molar-refractivity contribution is -0.112. The zero-order valence-electron chi connectivity index (χ0n) is 14.8. The SMILES string of the molecule is C[C@@]1(c2ccncc2)Oc2ccccc2[C@@H]2CC(c3ccc(F)cc3)=NN21. The molecule has 0 aliphatic carbocycles. The largest absolute Gasteiger partial charge is 0.462 e. The highest BCUT2D eigenvalue weighted by Gasteiger charge is 2.48. The molecule has 0 amide bonds. The highest BCUT2D eigenvalue weighted by Crippen LogP contribution is 2.50. The average molecular weight is 359 g/mol. The molecule has 0 fully saturated rings. The quantitative estimate of drug-likeness (QED) is 0.669. The van der Waals surface area contributed by atoms with Crippen molar-refractivity contribution in [1.82, 2.24) is 9.99 Å². The number of para-hydroxylation sites is 1. The Bertz CT molecular complexity index is 1020. The molecule has 0 radical (unpaired) electrons. The number of aromatic nitrogens is 1. The summed E-state index contributed by atoms with van der Waals surface area (Å²) in [4.78, 5) is 4.13. The van der Waals surface area contributed by atoms with Gasteiger partial charge in [0.2, 0.25) is 5.72 Å². The fourth-order valence-corrected chi connectivity index (χ4v) is 3.92. The molecule has 0 saturated carbocycles. The maximum Gasteiger partial charge on any atom is 0.221 e. The number of hydrazone groups is 1. The Hall–Kier alpha value is -3.21. The van der Waals surface area contributed by atoms with E-state index in [4.69, 9.17) is 9.84 Å². The van der Waals surface area contributed by atoms with E-state index in [1.807, 2.05) is 42.3 Å². The maximum atomic E-state index is 13.3. The molecule has 2 aliphatic rings. The van der Waals surface area contributed by atoms with Crippen LogP contribution in [0.25, 0.3) is 0 Å². The van der Waals surface area contributed by atoms with E-state index in [2.05, 4.69) is 11.1 Å². The first-order valence-electron chi connectivity index (χ1n) is 8.96. The molecule has 2 aliphatic heterocycles.